The number of aliphatic carboxylic acids is 1. The van der Waals surface area contributed by atoms with Crippen molar-refractivity contribution in [1.29, 1.82) is 0 Å². The molecule has 2 N–H and O–H groups in total. The van der Waals surface area contributed by atoms with Gasteiger partial charge < -0.3 is 15.2 Å². The van der Waals surface area contributed by atoms with Gasteiger partial charge in [-0.05, 0) is 49.7 Å². The first-order valence-electron chi connectivity index (χ1n) is 9.82. The van der Waals surface area contributed by atoms with Gasteiger partial charge in [0.25, 0.3) is 5.56 Å². The van der Waals surface area contributed by atoms with Crippen LogP contribution in [0.5, 0.6) is 0 Å². The number of ether oxygens (including phenoxy) is 1. The number of carboxylic acids is 1. The van der Waals surface area contributed by atoms with E-state index in [4.69, 9.17) is 4.74 Å². The third-order valence-corrected chi connectivity index (χ3v) is 6.23. The maximum Gasteiger partial charge on any atom is 0.348 e. The molecule has 1 aromatic carbocycles. The topological polar surface area (TPSA) is 120 Å². The number of carbonyl (C=O) groups excluding carboxylic acids is 1. The summed E-state index contributed by atoms with van der Waals surface area (Å²) in [6.45, 7) is 8.27. The van der Waals surface area contributed by atoms with Crippen LogP contribution in [0.15, 0.2) is 40.6 Å². The molecule has 0 saturated carbocycles. The first kappa shape index (κ1) is 23.0. The van der Waals surface area contributed by atoms with E-state index in [0.717, 1.165) is 28.2 Å². The highest BCUT2D eigenvalue weighted by Gasteiger charge is 2.24. The van der Waals surface area contributed by atoms with Crippen LogP contribution in [0.3, 0.4) is 0 Å². The minimum atomic E-state index is -1.32. The molecule has 0 aliphatic heterocycles. The van der Waals surface area contributed by atoms with Gasteiger partial charge in [0.05, 0.1) is 18.5 Å². The number of benzene rings is 1. The van der Waals surface area contributed by atoms with Crippen molar-refractivity contribution in [2.75, 3.05) is 11.9 Å². The molecule has 0 aliphatic carbocycles. The molecule has 3 aromatic rings. The summed E-state index contributed by atoms with van der Waals surface area (Å²) >= 11 is 0.991. The number of aromatic nitrogens is 2. The van der Waals surface area contributed by atoms with Crippen LogP contribution in [0.2, 0.25) is 0 Å². The average Bonchev–Trinajstić information content (AvgIpc) is 3.08. The van der Waals surface area contributed by atoms with Crippen LogP contribution in [0.25, 0.3) is 10.2 Å². The molecule has 0 amide bonds. The molecular weight excluding hydrogens is 434 g/mol. The van der Waals surface area contributed by atoms with E-state index in [1.807, 2.05) is 25.1 Å². The van der Waals surface area contributed by atoms with E-state index in [-0.39, 0.29) is 23.4 Å². The van der Waals surface area contributed by atoms with Gasteiger partial charge in [0.15, 0.2) is 0 Å². The quantitative estimate of drug-likeness (QED) is 0.499. The standard InChI is InChI=1S/C22H23N3O6S/c1-5-23-15-8-7-14(9-12(15)3)10-25-20-17(13(4)18(32-20)21(29)31-6-2)19(28)24(22(25)30)11-16(26)27/h5,7-9,23H,1,6,10-11H2,2-4H3,(H,26,27). The van der Waals surface area contributed by atoms with Crippen LogP contribution in [0.1, 0.15) is 33.3 Å². The molecule has 0 aliphatic rings. The van der Waals surface area contributed by atoms with Gasteiger partial charge in [0.1, 0.15) is 16.3 Å². The summed E-state index contributed by atoms with van der Waals surface area (Å²) in [4.78, 5) is 50.4. The Balaban J connectivity index is 2.27. The molecular formula is C22H23N3O6S. The van der Waals surface area contributed by atoms with Crippen molar-refractivity contribution in [1.82, 2.24) is 9.13 Å². The molecule has 0 spiro atoms. The van der Waals surface area contributed by atoms with E-state index in [0.29, 0.717) is 15.0 Å². The molecule has 0 saturated heterocycles. The Morgan fingerprint density at radius 3 is 2.56 bits per heavy atom. The monoisotopic (exact) mass is 457 g/mol. The molecule has 3 rings (SSSR count). The molecule has 0 radical (unpaired) electrons. The zero-order chi connectivity index (χ0) is 23.6. The fraction of sp³-hybridized carbons (Fsp3) is 0.273. The van der Waals surface area contributed by atoms with E-state index < -0.39 is 29.7 Å². The van der Waals surface area contributed by atoms with Gasteiger partial charge in [-0.1, -0.05) is 18.7 Å². The van der Waals surface area contributed by atoms with Crippen LogP contribution >= 0.6 is 11.3 Å². The second-order valence-electron chi connectivity index (χ2n) is 7.11. The molecule has 2 aromatic heterocycles. The summed E-state index contributed by atoms with van der Waals surface area (Å²) < 4.78 is 7.09. The lowest BCUT2D eigenvalue weighted by molar-refractivity contribution is -0.137. The second kappa shape index (κ2) is 9.23. The van der Waals surface area contributed by atoms with E-state index >= 15 is 0 Å². The van der Waals surface area contributed by atoms with Gasteiger partial charge in [-0.15, -0.1) is 11.3 Å². The maximum absolute atomic E-state index is 13.1. The minimum Gasteiger partial charge on any atom is -0.480 e. The predicted molar refractivity (Wildman–Crippen MR) is 123 cm³/mol. The minimum absolute atomic E-state index is 0.0899. The number of carboxylic acid groups (broad SMARTS) is 1. The summed E-state index contributed by atoms with van der Waals surface area (Å²) in [6, 6.07) is 5.53. The van der Waals surface area contributed by atoms with Crippen LogP contribution in [0.4, 0.5) is 5.69 Å². The van der Waals surface area contributed by atoms with Crippen LogP contribution in [-0.4, -0.2) is 32.8 Å². The number of hydrogen-bond donors (Lipinski definition) is 2. The van der Waals surface area contributed by atoms with Crippen LogP contribution in [0, 0.1) is 13.8 Å². The van der Waals surface area contributed by atoms with Crippen LogP contribution in [-0.2, 0) is 22.6 Å². The van der Waals surface area contributed by atoms with E-state index in [1.165, 1.54) is 4.57 Å². The molecule has 2 heterocycles. The Morgan fingerprint density at radius 2 is 1.97 bits per heavy atom. The number of rotatable bonds is 8. The number of nitrogens with one attached hydrogen (secondary N) is 1. The van der Waals surface area contributed by atoms with Crippen molar-refractivity contribution in [3.8, 4) is 0 Å². The third-order valence-electron chi connectivity index (χ3n) is 4.94. The lowest BCUT2D eigenvalue weighted by Crippen LogP contribution is -2.41. The molecule has 10 heteroatoms. The summed E-state index contributed by atoms with van der Waals surface area (Å²) in [7, 11) is 0. The van der Waals surface area contributed by atoms with Crippen molar-refractivity contribution in [3.05, 3.63) is 73.4 Å². The Bertz CT molecular complexity index is 1350. The summed E-state index contributed by atoms with van der Waals surface area (Å²) in [6.07, 6.45) is 1.56. The summed E-state index contributed by atoms with van der Waals surface area (Å²) in [5.41, 5.74) is 1.41. The highest BCUT2D eigenvalue weighted by molar-refractivity contribution is 7.20. The van der Waals surface area contributed by atoms with E-state index in [2.05, 4.69) is 11.9 Å². The fourth-order valence-electron chi connectivity index (χ4n) is 3.48. The molecule has 0 unspecified atom stereocenters. The Labute approximate surface area is 187 Å². The average molecular weight is 458 g/mol. The number of thiophene rings is 1. The van der Waals surface area contributed by atoms with Gasteiger partial charge >= 0.3 is 17.6 Å². The molecule has 0 fully saturated rings. The zero-order valence-corrected chi connectivity index (χ0v) is 18.7. The first-order chi connectivity index (χ1) is 15.2. The molecule has 168 valence electrons. The third kappa shape index (κ3) is 4.22. The number of esters is 1. The van der Waals surface area contributed by atoms with Gasteiger partial charge in [-0.2, -0.15) is 0 Å². The molecule has 32 heavy (non-hydrogen) atoms. The number of fused-ring (bicyclic) bond motifs is 1. The van der Waals surface area contributed by atoms with Crippen molar-refractivity contribution in [3.63, 3.8) is 0 Å². The highest BCUT2D eigenvalue weighted by atomic mass is 32.1. The van der Waals surface area contributed by atoms with Gasteiger partial charge in [0.2, 0.25) is 0 Å². The Hall–Kier alpha value is -3.66. The molecule has 0 atom stereocenters. The number of hydrogen-bond acceptors (Lipinski definition) is 7. The number of aryl methyl sites for hydroxylation is 2. The van der Waals surface area contributed by atoms with Crippen LogP contribution < -0.4 is 16.6 Å². The smallest absolute Gasteiger partial charge is 0.348 e. The summed E-state index contributed by atoms with van der Waals surface area (Å²) in [5.74, 6) is -1.91. The second-order valence-corrected chi connectivity index (χ2v) is 8.11. The number of anilines is 1. The van der Waals surface area contributed by atoms with E-state index in [9.17, 15) is 24.3 Å². The highest BCUT2D eigenvalue weighted by Crippen LogP contribution is 2.29. The van der Waals surface area contributed by atoms with Crippen molar-refractivity contribution in [2.24, 2.45) is 0 Å². The lowest BCUT2D eigenvalue weighted by Gasteiger charge is -2.13. The Morgan fingerprint density at radius 1 is 1.25 bits per heavy atom. The number of carbonyl (C=O) groups is 2. The normalized spacial score (nSPS) is 10.8. The molecule has 9 nitrogen and oxygen atoms in total. The van der Waals surface area contributed by atoms with Gasteiger partial charge in [-0.25, -0.2) is 14.2 Å². The van der Waals surface area contributed by atoms with Gasteiger partial charge in [-0.3, -0.25) is 14.2 Å². The molecule has 0 bridgehead atoms. The van der Waals surface area contributed by atoms with E-state index in [1.54, 1.807) is 20.0 Å². The Kier molecular flexibility index (Phi) is 6.64. The van der Waals surface area contributed by atoms with Crippen molar-refractivity contribution >= 4 is 39.2 Å². The first-order valence-corrected chi connectivity index (χ1v) is 10.6. The predicted octanol–water partition coefficient (Wildman–Crippen LogP) is 2.71. The number of nitrogens with zero attached hydrogens (tertiary/aromatic N) is 2. The lowest BCUT2D eigenvalue weighted by atomic mass is 10.1. The van der Waals surface area contributed by atoms with Gasteiger partial charge in [0, 0.05) is 5.69 Å². The maximum atomic E-state index is 13.1. The SMILES string of the molecule is C=CNc1ccc(Cn2c(=O)n(CC(=O)O)c(=O)c3c(C)c(C(=O)OCC)sc32)cc1C. The fourth-order valence-corrected chi connectivity index (χ4v) is 4.66. The largest absolute Gasteiger partial charge is 0.480 e. The zero-order valence-electron chi connectivity index (χ0n) is 17.9. The summed E-state index contributed by atoms with van der Waals surface area (Å²) in [5, 5.41) is 12.4. The van der Waals surface area contributed by atoms with Crippen molar-refractivity contribution < 1.29 is 19.4 Å². The van der Waals surface area contributed by atoms with Crippen molar-refractivity contribution in [2.45, 2.75) is 33.9 Å².